The number of hydrogen-bond acceptors (Lipinski definition) is 2. The van der Waals surface area contributed by atoms with Gasteiger partial charge in [-0.2, -0.15) is 0 Å². The molecule has 0 aliphatic carbocycles. The first kappa shape index (κ1) is 21.9. The molecule has 132 valence electrons. The molecular weight excluding hydrogens is 296 g/mol. The third-order valence-corrected chi connectivity index (χ3v) is 3.13. The molecule has 24 heavy (non-hydrogen) atoms. The minimum Gasteiger partial charge on any atom is -0.463 e. The number of esters is 1. The van der Waals surface area contributed by atoms with E-state index in [1.54, 1.807) is 19.1 Å². The number of carbonyl (C=O) groups excluding carboxylic acids is 1. The molecule has 0 aromatic rings. The molecule has 0 aliphatic heterocycles. The summed E-state index contributed by atoms with van der Waals surface area (Å²) in [5, 5.41) is 0. The van der Waals surface area contributed by atoms with Gasteiger partial charge in [-0.3, -0.25) is 0 Å². The Labute approximate surface area is 148 Å². The van der Waals surface area contributed by atoms with Crippen molar-refractivity contribution in [3.63, 3.8) is 0 Å². The normalized spacial score (nSPS) is 12.9. The third kappa shape index (κ3) is 18.0. The highest BCUT2D eigenvalue weighted by molar-refractivity contribution is 5.82. The number of hydrogen-bond donors (Lipinski definition) is 0. The lowest BCUT2D eigenvalue weighted by atomic mass is 10.1. The number of allylic oxidation sites excluding steroid dienone is 11. The van der Waals surface area contributed by atoms with E-state index in [2.05, 4.69) is 19.1 Å². The summed E-state index contributed by atoms with van der Waals surface area (Å²) >= 11 is 0. The molecule has 0 amide bonds. The molecule has 0 atom stereocenters. The molecule has 0 fully saturated rings. The Balaban J connectivity index is 3.70. The Hall–Kier alpha value is -2.09. The lowest BCUT2D eigenvalue weighted by Gasteiger charge is -1.95. The molecule has 2 nitrogen and oxygen atoms in total. The first-order valence-electron chi connectivity index (χ1n) is 8.97. The summed E-state index contributed by atoms with van der Waals surface area (Å²) in [6, 6.07) is 0. The lowest BCUT2D eigenvalue weighted by molar-refractivity contribution is -0.137. The summed E-state index contributed by atoms with van der Waals surface area (Å²) in [4.78, 5) is 11.0. The largest absolute Gasteiger partial charge is 0.463 e. The molecule has 2 heteroatoms. The Morgan fingerprint density at radius 3 is 1.83 bits per heavy atom. The van der Waals surface area contributed by atoms with Gasteiger partial charge in [0.05, 0.1) is 6.61 Å². The van der Waals surface area contributed by atoms with E-state index < -0.39 is 0 Å². The van der Waals surface area contributed by atoms with E-state index in [1.807, 2.05) is 42.5 Å². The van der Waals surface area contributed by atoms with E-state index in [0.29, 0.717) is 6.61 Å². The van der Waals surface area contributed by atoms with Crippen LogP contribution in [-0.2, 0) is 9.53 Å². The van der Waals surface area contributed by atoms with Crippen LogP contribution in [0.15, 0.2) is 72.9 Å². The quantitative estimate of drug-likeness (QED) is 0.173. The first-order valence-corrected chi connectivity index (χ1v) is 8.97. The van der Waals surface area contributed by atoms with Gasteiger partial charge in [-0.05, 0) is 19.8 Å². The van der Waals surface area contributed by atoms with Crippen molar-refractivity contribution in [2.24, 2.45) is 0 Å². The summed E-state index contributed by atoms with van der Waals surface area (Å²) in [6.07, 6.45) is 30.8. The van der Waals surface area contributed by atoms with Crippen molar-refractivity contribution in [1.82, 2.24) is 0 Å². The SMILES string of the molecule is CCCCCCCC=CC=CC=CC=CC=CC=CC(=O)OCC. The minimum atomic E-state index is -0.315. The van der Waals surface area contributed by atoms with Gasteiger partial charge in [0, 0.05) is 6.08 Å². The van der Waals surface area contributed by atoms with Crippen molar-refractivity contribution in [2.75, 3.05) is 6.61 Å². The van der Waals surface area contributed by atoms with Gasteiger partial charge in [-0.25, -0.2) is 4.79 Å². The van der Waals surface area contributed by atoms with Crippen molar-refractivity contribution in [1.29, 1.82) is 0 Å². The van der Waals surface area contributed by atoms with Gasteiger partial charge >= 0.3 is 5.97 Å². The van der Waals surface area contributed by atoms with E-state index in [9.17, 15) is 4.79 Å². The van der Waals surface area contributed by atoms with Crippen LogP contribution in [0.5, 0.6) is 0 Å². The van der Waals surface area contributed by atoms with E-state index in [1.165, 1.54) is 44.6 Å². The molecule has 0 aliphatic rings. The average molecular weight is 328 g/mol. The second-order valence-electron chi connectivity index (χ2n) is 5.28. The van der Waals surface area contributed by atoms with Crippen LogP contribution >= 0.6 is 0 Å². The Bertz CT molecular complexity index is 462. The zero-order valence-corrected chi connectivity index (χ0v) is 15.2. The number of rotatable bonds is 13. The Morgan fingerprint density at radius 1 is 0.708 bits per heavy atom. The monoisotopic (exact) mass is 328 g/mol. The van der Waals surface area contributed by atoms with Crippen molar-refractivity contribution in [3.05, 3.63) is 72.9 Å². The predicted molar refractivity (Wildman–Crippen MR) is 105 cm³/mol. The van der Waals surface area contributed by atoms with Gasteiger partial charge in [0.2, 0.25) is 0 Å². The highest BCUT2D eigenvalue weighted by atomic mass is 16.5. The summed E-state index contributed by atoms with van der Waals surface area (Å²) in [7, 11) is 0. The molecule has 0 heterocycles. The molecule has 0 rings (SSSR count). The third-order valence-electron chi connectivity index (χ3n) is 3.13. The summed E-state index contributed by atoms with van der Waals surface area (Å²) < 4.78 is 4.77. The standard InChI is InChI=1S/C22H32O2/c1-3-5-6-7-8-9-10-11-12-13-14-15-16-17-18-19-20-21-22(23)24-4-2/h10-21H,3-9H2,1-2H3. The fraction of sp³-hybridized carbons (Fsp3) is 0.409. The number of ether oxygens (including phenoxy) is 1. The lowest BCUT2D eigenvalue weighted by Crippen LogP contribution is -1.98. The smallest absolute Gasteiger partial charge is 0.330 e. The second-order valence-corrected chi connectivity index (χ2v) is 5.28. The maximum atomic E-state index is 11.0. The van der Waals surface area contributed by atoms with Crippen LogP contribution in [0.3, 0.4) is 0 Å². The molecule has 0 saturated heterocycles. The molecular formula is C22H32O2. The molecule has 0 aromatic carbocycles. The van der Waals surface area contributed by atoms with Gasteiger partial charge in [0.15, 0.2) is 0 Å². The topological polar surface area (TPSA) is 26.3 Å². The van der Waals surface area contributed by atoms with Gasteiger partial charge < -0.3 is 4.74 Å². The van der Waals surface area contributed by atoms with Crippen molar-refractivity contribution in [3.8, 4) is 0 Å². The van der Waals surface area contributed by atoms with E-state index in [4.69, 9.17) is 4.74 Å². The zero-order chi connectivity index (χ0) is 17.7. The van der Waals surface area contributed by atoms with Crippen molar-refractivity contribution >= 4 is 5.97 Å². The molecule has 0 bridgehead atoms. The van der Waals surface area contributed by atoms with Crippen LogP contribution in [0.4, 0.5) is 0 Å². The Kier molecular flexibility index (Phi) is 17.3. The van der Waals surface area contributed by atoms with E-state index in [-0.39, 0.29) is 5.97 Å². The molecule has 0 unspecified atom stereocenters. The van der Waals surface area contributed by atoms with Crippen LogP contribution in [0.2, 0.25) is 0 Å². The van der Waals surface area contributed by atoms with E-state index >= 15 is 0 Å². The summed E-state index contributed by atoms with van der Waals surface area (Å²) in [5.74, 6) is -0.315. The average Bonchev–Trinajstić information content (AvgIpc) is 2.58. The number of unbranched alkanes of at least 4 members (excludes halogenated alkanes) is 5. The van der Waals surface area contributed by atoms with Crippen molar-refractivity contribution < 1.29 is 9.53 Å². The Morgan fingerprint density at radius 2 is 1.25 bits per heavy atom. The molecule has 0 radical (unpaired) electrons. The zero-order valence-electron chi connectivity index (χ0n) is 15.2. The molecule has 0 spiro atoms. The van der Waals surface area contributed by atoms with Crippen molar-refractivity contribution in [2.45, 2.75) is 52.4 Å². The van der Waals surface area contributed by atoms with Gasteiger partial charge in [-0.15, -0.1) is 0 Å². The molecule has 0 saturated carbocycles. The predicted octanol–water partition coefficient (Wildman–Crippen LogP) is 6.25. The van der Waals surface area contributed by atoms with Gasteiger partial charge in [0.25, 0.3) is 0 Å². The van der Waals surface area contributed by atoms with Gasteiger partial charge in [-0.1, -0.05) is 99.4 Å². The van der Waals surface area contributed by atoms with Crippen LogP contribution in [0.25, 0.3) is 0 Å². The first-order chi connectivity index (χ1) is 11.8. The molecule has 0 aromatic heterocycles. The fourth-order valence-electron chi connectivity index (χ4n) is 1.88. The maximum absolute atomic E-state index is 11.0. The summed E-state index contributed by atoms with van der Waals surface area (Å²) in [5.41, 5.74) is 0. The molecule has 0 N–H and O–H groups in total. The van der Waals surface area contributed by atoms with Crippen LogP contribution < -0.4 is 0 Å². The minimum absolute atomic E-state index is 0.315. The fourth-order valence-corrected chi connectivity index (χ4v) is 1.88. The highest BCUT2D eigenvalue weighted by Crippen LogP contribution is 2.05. The van der Waals surface area contributed by atoms with Crippen LogP contribution in [-0.4, -0.2) is 12.6 Å². The van der Waals surface area contributed by atoms with Gasteiger partial charge in [0.1, 0.15) is 0 Å². The van der Waals surface area contributed by atoms with Crippen LogP contribution in [0.1, 0.15) is 52.4 Å². The second kappa shape index (κ2) is 19.0. The highest BCUT2D eigenvalue weighted by Gasteiger charge is 1.89. The number of carbonyl (C=O) groups is 1. The van der Waals surface area contributed by atoms with Crippen LogP contribution in [0, 0.1) is 0 Å². The summed E-state index contributed by atoms with van der Waals surface area (Å²) in [6.45, 7) is 4.43. The van der Waals surface area contributed by atoms with E-state index in [0.717, 1.165) is 0 Å². The maximum Gasteiger partial charge on any atom is 0.330 e.